The summed E-state index contributed by atoms with van der Waals surface area (Å²) in [4.78, 5) is 40.7. The van der Waals surface area contributed by atoms with Crippen LogP contribution in [0, 0.1) is 0 Å². The average molecular weight is 556 g/mol. The lowest BCUT2D eigenvalue weighted by molar-refractivity contribution is -0.136. The third-order valence-electron chi connectivity index (χ3n) is 8.60. The number of nitrogens with zero attached hydrogens (tertiary/aromatic N) is 4. The van der Waals surface area contributed by atoms with Gasteiger partial charge in [-0.15, -0.1) is 0 Å². The van der Waals surface area contributed by atoms with E-state index in [1.807, 2.05) is 23.0 Å². The number of fused-ring (bicyclic) bond motifs is 1. The number of aromatic nitrogens is 2. The lowest BCUT2D eigenvalue weighted by Gasteiger charge is -2.29. The van der Waals surface area contributed by atoms with E-state index in [-0.39, 0.29) is 24.3 Å². The largest absolute Gasteiger partial charge is 0.489 e. The van der Waals surface area contributed by atoms with Gasteiger partial charge in [0.05, 0.1) is 18.5 Å². The van der Waals surface area contributed by atoms with E-state index in [2.05, 4.69) is 45.8 Å². The number of hydrogen-bond acceptors (Lipinski definition) is 7. The number of ether oxygens (including phenoxy) is 2. The molecule has 0 saturated carbocycles. The van der Waals surface area contributed by atoms with E-state index >= 15 is 0 Å². The molecular formula is C31H33N5O5. The Balaban J connectivity index is 0.950. The van der Waals surface area contributed by atoms with Gasteiger partial charge in [-0.3, -0.25) is 24.6 Å². The quantitative estimate of drug-likeness (QED) is 0.447. The van der Waals surface area contributed by atoms with Crippen molar-refractivity contribution in [3.05, 3.63) is 77.1 Å². The van der Waals surface area contributed by atoms with Gasteiger partial charge in [0.1, 0.15) is 17.9 Å². The minimum atomic E-state index is -0.615. The Labute approximate surface area is 238 Å². The lowest BCUT2D eigenvalue weighted by Crippen LogP contribution is -2.52. The lowest BCUT2D eigenvalue weighted by atomic mass is 9.98. The Bertz CT molecular complexity index is 1500. The van der Waals surface area contributed by atoms with E-state index in [1.165, 1.54) is 5.56 Å². The molecule has 3 amide bonds. The monoisotopic (exact) mass is 555 g/mol. The Morgan fingerprint density at radius 2 is 2.00 bits per heavy atom. The van der Waals surface area contributed by atoms with Crippen molar-refractivity contribution < 1.29 is 23.9 Å². The molecule has 0 spiro atoms. The van der Waals surface area contributed by atoms with Gasteiger partial charge >= 0.3 is 0 Å². The molecule has 0 aliphatic carbocycles. The normalized spacial score (nSPS) is 24.6. The van der Waals surface area contributed by atoms with Crippen LogP contribution in [0.25, 0.3) is 5.69 Å². The number of hydrogen-bond donors (Lipinski definition) is 1. The molecule has 4 aliphatic rings. The molecule has 212 valence electrons. The highest BCUT2D eigenvalue weighted by atomic mass is 16.5. The van der Waals surface area contributed by atoms with Crippen LogP contribution in [0.4, 0.5) is 0 Å². The van der Waals surface area contributed by atoms with E-state index in [4.69, 9.17) is 9.47 Å². The summed E-state index contributed by atoms with van der Waals surface area (Å²) in [6.45, 7) is 4.50. The molecule has 3 atom stereocenters. The predicted molar refractivity (Wildman–Crippen MR) is 149 cm³/mol. The second-order valence-electron chi connectivity index (χ2n) is 11.4. The minimum Gasteiger partial charge on any atom is -0.489 e. The van der Waals surface area contributed by atoms with Gasteiger partial charge in [-0.2, -0.15) is 5.10 Å². The summed E-state index contributed by atoms with van der Waals surface area (Å²) in [7, 11) is 0. The number of imide groups is 1. The topological polar surface area (TPSA) is 106 Å². The molecule has 4 aliphatic heterocycles. The maximum atomic E-state index is 13.0. The molecule has 10 nitrogen and oxygen atoms in total. The number of carbonyl (C=O) groups is 3. The fourth-order valence-electron chi connectivity index (χ4n) is 6.41. The van der Waals surface area contributed by atoms with Crippen LogP contribution in [-0.2, 0) is 27.4 Å². The van der Waals surface area contributed by atoms with E-state index in [9.17, 15) is 14.4 Å². The number of rotatable bonds is 7. The fourth-order valence-corrected chi connectivity index (χ4v) is 6.41. The molecule has 1 N–H and O–H groups in total. The maximum Gasteiger partial charge on any atom is 0.255 e. The first-order valence-electron chi connectivity index (χ1n) is 14.4. The molecule has 7 rings (SSSR count). The van der Waals surface area contributed by atoms with E-state index in [0.717, 1.165) is 68.3 Å². The Kier molecular flexibility index (Phi) is 6.80. The zero-order chi connectivity index (χ0) is 27.9. The van der Waals surface area contributed by atoms with Gasteiger partial charge in [0.25, 0.3) is 5.91 Å². The molecule has 2 aromatic carbocycles. The van der Waals surface area contributed by atoms with Crippen molar-refractivity contribution in [3.63, 3.8) is 0 Å². The molecule has 3 aromatic rings. The number of benzene rings is 2. The molecule has 5 heterocycles. The Morgan fingerprint density at radius 3 is 2.85 bits per heavy atom. The summed E-state index contributed by atoms with van der Waals surface area (Å²) in [5.41, 5.74) is 4.97. The molecule has 0 bridgehead atoms. The first-order valence-corrected chi connectivity index (χ1v) is 14.4. The van der Waals surface area contributed by atoms with Crippen LogP contribution in [0.3, 0.4) is 0 Å². The number of piperidine rings is 1. The zero-order valence-electron chi connectivity index (χ0n) is 22.8. The second-order valence-corrected chi connectivity index (χ2v) is 11.4. The van der Waals surface area contributed by atoms with Crippen molar-refractivity contribution in [1.29, 1.82) is 0 Å². The molecule has 1 unspecified atom stereocenters. The van der Waals surface area contributed by atoms with Crippen LogP contribution in [0.5, 0.6) is 5.75 Å². The highest BCUT2D eigenvalue weighted by Gasteiger charge is 2.39. The van der Waals surface area contributed by atoms with Gasteiger partial charge in [-0.05, 0) is 60.7 Å². The highest BCUT2D eigenvalue weighted by molar-refractivity contribution is 6.05. The smallest absolute Gasteiger partial charge is 0.255 e. The summed E-state index contributed by atoms with van der Waals surface area (Å²) < 4.78 is 13.8. The van der Waals surface area contributed by atoms with E-state index in [1.54, 1.807) is 11.0 Å². The van der Waals surface area contributed by atoms with Crippen molar-refractivity contribution >= 4 is 17.7 Å². The van der Waals surface area contributed by atoms with Gasteiger partial charge in [0.15, 0.2) is 0 Å². The van der Waals surface area contributed by atoms with Gasteiger partial charge in [-0.1, -0.05) is 12.1 Å². The summed E-state index contributed by atoms with van der Waals surface area (Å²) in [5, 5.41) is 6.97. The number of amides is 3. The van der Waals surface area contributed by atoms with Gasteiger partial charge in [-0.25, -0.2) is 4.68 Å². The Hall–Kier alpha value is -4.02. The third kappa shape index (κ3) is 5.25. The fraction of sp³-hybridized carbons (Fsp3) is 0.419. The van der Waals surface area contributed by atoms with Gasteiger partial charge in [0.2, 0.25) is 11.8 Å². The van der Waals surface area contributed by atoms with Crippen LogP contribution >= 0.6 is 0 Å². The van der Waals surface area contributed by atoms with Crippen molar-refractivity contribution in [1.82, 2.24) is 24.9 Å². The summed E-state index contributed by atoms with van der Waals surface area (Å²) in [5.74, 6) is 0.331. The number of carbonyl (C=O) groups excluding carboxylic acids is 3. The zero-order valence-corrected chi connectivity index (χ0v) is 22.8. The van der Waals surface area contributed by atoms with Crippen LogP contribution < -0.4 is 10.1 Å². The van der Waals surface area contributed by atoms with Crippen LogP contribution in [-0.4, -0.2) is 75.8 Å². The van der Waals surface area contributed by atoms with E-state index in [0.29, 0.717) is 24.4 Å². The van der Waals surface area contributed by atoms with Gasteiger partial charge < -0.3 is 14.4 Å². The molecular weight excluding hydrogens is 522 g/mol. The molecule has 10 heteroatoms. The van der Waals surface area contributed by atoms with Crippen LogP contribution in [0.15, 0.2) is 54.9 Å². The van der Waals surface area contributed by atoms with Crippen molar-refractivity contribution in [2.45, 2.75) is 56.8 Å². The Morgan fingerprint density at radius 1 is 1.07 bits per heavy atom. The SMILES string of the molecule is O=C1CCC(N2Cc3cc(O[C@H]4CCN(Cc5cnn(-c6cccc([C@@H]7CCOC7)c6)c5)C4)ccc3C2=O)C(=O)N1. The molecule has 41 heavy (non-hydrogen) atoms. The number of likely N-dealkylation sites (tertiary alicyclic amines) is 1. The molecule has 1 aromatic heterocycles. The summed E-state index contributed by atoms with van der Waals surface area (Å²) >= 11 is 0. The van der Waals surface area contributed by atoms with Crippen molar-refractivity contribution in [2.24, 2.45) is 0 Å². The van der Waals surface area contributed by atoms with Crippen molar-refractivity contribution in [2.75, 3.05) is 26.3 Å². The first-order chi connectivity index (χ1) is 20.0. The van der Waals surface area contributed by atoms with Gasteiger partial charge in [0, 0.05) is 62.4 Å². The van der Waals surface area contributed by atoms with Crippen LogP contribution in [0.2, 0.25) is 0 Å². The summed E-state index contributed by atoms with van der Waals surface area (Å²) in [6.07, 6.45) is 6.67. The first kappa shape index (κ1) is 25.9. The third-order valence-corrected chi connectivity index (χ3v) is 8.60. The van der Waals surface area contributed by atoms with E-state index < -0.39 is 11.9 Å². The van der Waals surface area contributed by atoms with Crippen molar-refractivity contribution in [3.8, 4) is 11.4 Å². The summed E-state index contributed by atoms with van der Waals surface area (Å²) in [6, 6.07) is 13.5. The molecule has 3 fully saturated rings. The average Bonchev–Trinajstić information content (AvgIpc) is 3.78. The minimum absolute atomic E-state index is 0.0525. The second kappa shape index (κ2) is 10.8. The number of nitrogens with one attached hydrogen (secondary N) is 1. The predicted octanol–water partition coefficient (Wildman–Crippen LogP) is 2.79. The standard InChI is InChI=1S/C31H33N5O5/c37-29-7-6-28(30(38)33-29)35-17-23-13-25(4-5-27(23)31(35)39)41-26-8-10-34(18-26)15-20-14-32-36(16-20)24-3-1-2-21(12-24)22-9-11-40-19-22/h1-5,12-14,16,22,26,28H,6-11,15,17-19H2,(H,33,37,38)/t22-,26+,28?/m1/s1. The maximum absolute atomic E-state index is 13.0. The molecule has 0 radical (unpaired) electrons. The van der Waals surface area contributed by atoms with Crippen LogP contribution in [0.1, 0.15) is 58.6 Å². The molecule has 3 saturated heterocycles. The highest BCUT2D eigenvalue weighted by Crippen LogP contribution is 2.31.